The molecular weight excluding hydrogens is 353 g/mol. The quantitative estimate of drug-likeness (QED) is 0.529. The molecule has 1 heterocycles. The molecule has 1 atom stereocenters. The Balaban J connectivity index is 1.79. The number of halogens is 2. The zero-order valence-corrected chi connectivity index (χ0v) is 15.8. The van der Waals surface area contributed by atoms with E-state index in [2.05, 4.69) is 10.1 Å². The lowest BCUT2D eigenvalue weighted by Crippen LogP contribution is -2.14. The molecular formula is C20H21ClFN3O. The fourth-order valence-electron chi connectivity index (χ4n) is 2.70. The summed E-state index contributed by atoms with van der Waals surface area (Å²) in [7, 11) is 1.92. The van der Waals surface area contributed by atoms with Crippen molar-refractivity contribution in [1.82, 2.24) is 4.90 Å². The summed E-state index contributed by atoms with van der Waals surface area (Å²) in [6.07, 6.45) is 1.75. The van der Waals surface area contributed by atoms with Crippen LogP contribution >= 0.6 is 11.6 Å². The van der Waals surface area contributed by atoms with Gasteiger partial charge in [-0.25, -0.2) is 9.38 Å². The van der Waals surface area contributed by atoms with Crippen LogP contribution in [0.4, 0.5) is 10.1 Å². The first-order chi connectivity index (χ1) is 12.5. The summed E-state index contributed by atoms with van der Waals surface area (Å²) in [5.41, 5.74) is 3.65. The van der Waals surface area contributed by atoms with Crippen LogP contribution in [0.15, 0.2) is 46.5 Å². The maximum atomic E-state index is 14.6. The van der Waals surface area contributed by atoms with Gasteiger partial charge in [0.15, 0.2) is 6.10 Å². The van der Waals surface area contributed by atoms with E-state index in [9.17, 15) is 4.39 Å². The number of aryl methyl sites for hydroxylation is 1. The van der Waals surface area contributed by atoms with Gasteiger partial charge in [-0.2, -0.15) is 0 Å². The van der Waals surface area contributed by atoms with Gasteiger partial charge in [0.2, 0.25) is 0 Å². The summed E-state index contributed by atoms with van der Waals surface area (Å²) < 4.78 is 14.6. The predicted molar refractivity (Wildman–Crippen MR) is 104 cm³/mol. The molecule has 0 amide bonds. The molecule has 1 unspecified atom stereocenters. The first kappa shape index (κ1) is 18.4. The van der Waals surface area contributed by atoms with Crippen LogP contribution in [0.25, 0.3) is 0 Å². The predicted octanol–water partition coefficient (Wildman–Crippen LogP) is 5.26. The number of oxime groups is 1. The van der Waals surface area contributed by atoms with Gasteiger partial charge >= 0.3 is 0 Å². The molecule has 0 fully saturated rings. The molecule has 136 valence electrons. The molecule has 4 nitrogen and oxygen atoms in total. The highest BCUT2D eigenvalue weighted by atomic mass is 35.5. The van der Waals surface area contributed by atoms with Crippen molar-refractivity contribution in [2.75, 3.05) is 13.6 Å². The molecule has 0 saturated heterocycles. The van der Waals surface area contributed by atoms with Gasteiger partial charge in [-0.1, -0.05) is 28.9 Å². The Morgan fingerprint density at radius 1 is 1.38 bits per heavy atom. The SMILES string of the molecule is CCN(C)/C=N\c1cc(F)c(C2CC(c3cccc(Cl)c3)=NO2)cc1C. The van der Waals surface area contributed by atoms with Crippen molar-refractivity contribution < 1.29 is 9.23 Å². The fourth-order valence-corrected chi connectivity index (χ4v) is 2.89. The Bertz CT molecular complexity index is 866. The van der Waals surface area contributed by atoms with Crippen LogP contribution in [-0.2, 0) is 4.84 Å². The molecule has 1 aliphatic heterocycles. The lowest BCUT2D eigenvalue weighted by atomic mass is 9.98. The Hall–Kier alpha value is -2.40. The maximum Gasteiger partial charge on any atom is 0.161 e. The van der Waals surface area contributed by atoms with Gasteiger partial charge in [-0.15, -0.1) is 0 Å². The van der Waals surface area contributed by atoms with E-state index < -0.39 is 6.10 Å². The van der Waals surface area contributed by atoms with Crippen LogP contribution in [0.1, 0.15) is 36.1 Å². The van der Waals surface area contributed by atoms with E-state index in [1.165, 1.54) is 6.07 Å². The van der Waals surface area contributed by atoms with Crippen molar-refractivity contribution in [3.63, 3.8) is 0 Å². The van der Waals surface area contributed by atoms with Gasteiger partial charge < -0.3 is 9.74 Å². The van der Waals surface area contributed by atoms with Gasteiger partial charge in [-0.3, -0.25) is 0 Å². The van der Waals surface area contributed by atoms with Crippen molar-refractivity contribution in [3.05, 3.63) is 63.9 Å². The standard InChI is InChI=1S/C20H21ClFN3O/c1-4-25(3)12-23-18-10-17(22)16(8-13(18)2)20-11-19(24-26-20)14-6-5-7-15(21)9-14/h5-10,12,20H,4,11H2,1-3H3/b23-12-. The molecule has 0 N–H and O–H groups in total. The van der Waals surface area contributed by atoms with Crippen LogP contribution < -0.4 is 0 Å². The third kappa shape index (κ3) is 4.05. The highest BCUT2D eigenvalue weighted by molar-refractivity contribution is 6.31. The molecule has 0 aliphatic carbocycles. The minimum atomic E-state index is -0.445. The average molecular weight is 374 g/mol. The minimum Gasteiger partial charge on any atom is -0.387 e. The summed E-state index contributed by atoms with van der Waals surface area (Å²) in [5, 5.41) is 4.76. The van der Waals surface area contributed by atoms with Gasteiger partial charge in [0.25, 0.3) is 0 Å². The monoisotopic (exact) mass is 373 g/mol. The van der Waals surface area contributed by atoms with E-state index in [4.69, 9.17) is 16.4 Å². The van der Waals surface area contributed by atoms with Crippen molar-refractivity contribution in [2.45, 2.75) is 26.4 Å². The van der Waals surface area contributed by atoms with Crippen molar-refractivity contribution in [1.29, 1.82) is 0 Å². The van der Waals surface area contributed by atoms with E-state index in [-0.39, 0.29) is 5.82 Å². The first-order valence-electron chi connectivity index (χ1n) is 8.51. The number of hydrogen-bond acceptors (Lipinski definition) is 3. The smallest absolute Gasteiger partial charge is 0.161 e. The summed E-state index contributed by atoms with van der Waals surface area (Å²) >= 11 is 6.03. The molecule has 2 aromatic carbocycles. The Labute approximate surface area is 157 Å². The molecule has 1 aliphatic rings. The summed E-state index contributed by atoms with van der Waals surface area (Å²) in [6, 6.07) is 10.6. The van der Waals surface area contributed by atoms with Crippen molar-refractivity contribution in [2.24, 2.45) is 10.1 Å². The lowest BCUT2D eigenvalue weighted by molar-refractivity contribution is 0.0829. The van der Waals surface area contributed by atoms with E-state index in [0.717, 1.165) is 23.4 Å². The second-order valence-corrected chi connectivity index (χ2v) is 6.76. The largest absolute Gasteiger partial charge is 0.387 e. The number of rotatable bonds is 5. The molecule has 2 aromatic rings. The van der Waals surface area contributed by atoms with Crippen LogP contribution in [0.3, 0.4) is 0 Å². The highest BCUT2D eigenvalue weighted by Gasteiger charge is 2.27. The van der Waals surface area contributed by atoms with Gasteiger partial charge in [0.1, 0.15) is 5.82 Å². The Kier molecular flexibility index (Phi) is 5.57. The van der Waals surface area contributed by atoms with E-state index in [1.54, 1.807) is 18.5 Å². The van der Waals surface area contributed by atoms with Crippen LogP contribution in [0, 0.1) is 12.7 Å². The minimum absolute atomic E-state index is 0.338. The normalized spacial score (nSPS) is 16.7. The topological polar surface area (TPSA) is 37.2 Å². The third-order valence-electron chi connectivity index (χ3n) is 4.38. The molecule has 0 spiro atoms. The van der Waals surface area contributed by atoms with Crippen LogP contribution in [0.5, 0.6) is 0 Å². The third-order valence-corrected chi connectivity index (χ3v) is 4.62. The molecule has 6 heteroatoms. The van der Waals surface area contributed by atoms with Crippen molar-refractivity contribution >= 4 is 29.3 Å². The average Bonchev–Trinajstić information content (AvgIpc) is 3.11. The number of benzene rings is 2. The van der Waals surface area contributed by atoms with E-state index in [1.807, 2.05) is 44.0 Å². The maximum absolute atomic E-state index is 14.6. The Morgan fingerprint density at radius 3 is 2.92 bits per heavy atom. The summed E-state index contributed by atoms with van der Waals surface area (Å²) in [4.78, 5) is 11.8. The number of aliphatic imine (C=N–C) groups is 1. The van der Waals surface area contributed by atoms with Crippen LogP contribution in [-0.4, -0.2) is 30.5 Å². The summed E-state index contributed by atoms with van der Waals surface area (Å²) in [5.74, 6) is -0.338. The summed E-state index contributed by atoms with van der Waals surface area (Å²) in [6.45, 7) is 4.77. The zero-order valence-electron chi connectivity index (χ0n) is 15.0. The number of nitrogens with zero attached hydrogens (tertiary/aromatic N) is 3. The molecule has 0 radical (unpaired) electrons. The Morgan fingerprint density at radius 2 is 2.19 bits per heavy atom. The molecule has 26 heavy (non-hydrogen) atoms. The second-order valence-electron chi connectivity index (χ2n) is 6.32. The fraction of sp³-hybridized carbons (Fsp3) is 0.300. The number of hydrogen-bond donors (Lipinski definition) is 0. The zero-order chi connectivity index (χ0) is 18.7. The lowest BCUT2D eigenvalue weighted by Gasteiger charge is -2.13. The van der Waals surface area contributed by atoms with E-state index in [0.29, 0.717) is 22.7 Å². The molecule has 0 bridgehead atoms. The van der Waals surface area contributed by atoms with E-state index >= 15 is 0 Å². The highest BCUT2D eigenvalue weighted by Crippen LogP contribution is 2.34. The van der Waals surface area contributed by atoms with Gasteiger partial charge in [-0.05, 0) is 37.6 Å². The second kappa shape index (κ2) is 7.87. The van der Waals surface area contributed by atoms with Gasteiger partial charge in [0, 0.05) is 42.2 Å². The van der Waals surface area contributed by atoms with Gasteiger partial charge in [0.05, 0.1) is 17.7 Å². The molecule has 0 aromatic heterocycles. The van der Waals surface area contributed by atoms with Crippen molar-refractivity contribution in [3.8, 4) is 0 Å². The molecule has 3 rings (SSSR count). The first-order valence-corrected chi connectivity index (χ1v) is 8.88. The van der Waals surface area contributed by atoms with Crippen LogP contribution in [0.2, 0.25) is 5.02 Å². The molecule has 0 saturated carbocycles.